The fraction of sp³-hybridized carbons (Fsp3) is 0.444. The Morgan fingerprint density at radius 1 is 0.889 bits per heavy atom. The van der Waals surface area contributed by atoms with E-state index in [2.05, 4.69) is 148 Å². The van der Waals surface area contributed by atoms with Crippen LogP contribution in [0, 0.1) is 41.4 Å². The molecule has 0 saturated carbocycles. The fourth-order valence-electron chi connectivity index (χ4n) is 8.37. The number of rotatable bonds is 14. The molecule has 236 valence electrons. The third-order valence-corrected chi connectivity index (χ3v) is 10.9. The van der Waals surface area contributed by atoms with Gasteiger partial charge in [0.05, 0.1) is 0 Å². The van der Waals surface area contributed by atoms with Gasteiger partial charge in [-0.05, 0) is 96.8 Å². The molecule has 7 unspecified atom stereocenters. The smallest absolute Gasteiger partial charge is 0.0125 e. The molecule has 0 bridgehead atoms. The summed E-state index contributed by atoms with van der Waals surface area (Å²) in [6, 6.07) is 11.2. The predicted octanol–water partition coefficient (Wildman–Crippen LogP) is 12.6. The molecule has 1 aromatic rings. The topological polar surface area (TPSA) is 0 Å². The second-order valence-corrected chi connectivity index (χ2v) is 13.8. The van der Waals surface area contributed by atoms with E-state index in [-0.39, 0.29) is 0 Å². The van der Waals surface area contributed by atoms with Crippen LogP contribution in [-0.2, 0) is 0 Å². The highest BCUT2D eigenvalue weighted by molar-refractivity contribution is 5.39. The van der Waals surface area contributed by atoms with Gasteiger partial charge in [-0.2, -0.15) is 0 Å². The Balaban J connectivity index is 1.19. The molecule has 0 saturated heterocycles. The van der Waals surface area contributed by atoms with E-state index in [1.165, 1.54) is 48.8 Å². The number of hydrogen-bond acceptors (Lipinski definition) is 0. The summed E-state index contributed by atoms with van der Waals surface area (Å²) in [7, 11) is 0. The van der Waals surface area contributed by atoms with Crippen molar-refractivity contribution in [3.63, 3.8) is 0 Å². The number of fused-ring (bicyclic) bond motifs is 1. The maximum atomic E-state index is 4.22. The zero-order valence-corrected chi connectivity index (χ0v) is 28.2. The predicted molar refractivity (Wildman–Crippen MR) is 196 cm³/mol. The van der Waals surface area contributed by atoms with Gasteiger partial charge in [-0.25, -0.2) is 0 Å². The highest BCUT2D eigenvalue weighted by atomic mass is 14.4. The minimum Gasteiger partial charge on any atom is -0.128 e. The van der Waals surface area contributed by atoms with Crippen LogP contribution in [0.3, 0.4) is 0 Å². The molecule has 0 aromatic heterocycles. The molecule has 0 aliphatic heterocycles. The fourth-order valence-corrected chi connectivity index (χ4v) is 8.37. The van der Waals surface area contributed by atoms with Crippen molar-refractivity contribution in [2.45, 2.75) is 84.5 Å². The maximum Gasteiger partial charge on any atom is 0.0125 e. The minimum absolute atomic E-state index is 0.401. The molecule has 0 N–H and O–H groups in total. The molecule has 0 nitrogen and oxygen atoms in total. The summed E-state index contributed by atoms with van der Waals surface area (Å²) in [5.41, 5.74) is 9.38. The molecule has 0 fully saturated rings. The lowest BCUT2D eigenvalue weighted by molar-refractivity contribution is 0.314. The molecule has 0 radical (unpaired) electrons. The van der Waals surface area contributed by atoms with Crippen LogP contribution in [0.1, 0.15) is 90.0 Å². The highest BCUT2D eigenvalue weighted by Gasteiger charge is 2.38. The molecule has 1 aromatic carbocycles. The first kappa shape index (κ1) is 33.0. The summed E-state index contributed by atoms with van der Waals surface area (Å²) >= 11 is 0. The van der Waals surface area contributed by atoms with Crippen molar-refractivity contribution in [3.8, 4) is 0 Å². The monoisotopic (exact) mass is 596 g/mol. The first-order valence-electron chi connectivity index (χ1n) is 18.0. The third kappa shape index (κ3) is 8.28. The Labute approximate surface area is 275 Å². The van der Waals surface area contributed by atoms with Gasteiger partial charge in [0.1, 0.15) is 0 Å². The zero-order valence-electron chi connectivity index (χ0n) is 28.2. The summed E-state index contributed by atoms with van der Waals surface area (Å²) in [5, 5.41) is 0. The van der Waals surface area contributed by atoms with E-state index in [0.29, 0.717) is 47.3 Å². The van der Waals surface area contributed by atoms with Crippen LogP contribution in [0.2, 0.25) is 0 Å². The van der Waals surface area contributed by atoms with Crippen molar-refractivity contribution in [3.05, 3.63) is 150 Å². The molecule has 0 amide bonds. The van der Waals surface area contributed by atoms with E-state index >= 15 is 0 Å². The van der Waals surface area contributed by atoms with Crippen LogP contribution in [-0.4, -0.2) is 0 Å². The van der Waals surface area contributed by atoms with E-state index < -0.39 is 0 Å². The van der Waals surface area contributed by atoms with Gasteiger partial charge in [0.25, 0.3) is 0 Å². The van der Waals surface area contributed by atoms with Crippen molar-refractivity contribution >= 4 is 0 Å². The molecule has 8 atom stereocenters. The van der Waals surface area contributed by atoms with Gasteiger partial charge < -0.3 is 0 Å². The van der Waals surface area contributed by atoms with Crippen molar-refractivity contribution in [1.29, 1.82) is 0 Å². The lowest BCUT2D eigenvalue weighted by Gasteiger charge is -2.35. The Morgan fingerprint density at radius 2 is 1.73 bits per heavy atom. The zero-order chi connectivity index (χ0) is 31.4. The van der Waals surface area contributed by atoms with Crippen LogP contribution < -0.4 is 0 Å². The highest BCUT2D eigenvalue weighted by Crippen LogP contribution is 2.47. The van der Waals surface area contributed by atoms with Gasteiger partial charge in [0.2, 0.25) is 0 Å². The van der Waals surface area contributed by atoms with Crippen LogP contribution in [0.25, 0.3) is 0 Å². The molecule has 45 heavy (non-hydrogen) atoms. The van der Waals surface area contributed by atoms with E-state index in [9.17, 15) is 0 Å². The van der Waals surface area contributed by atoms with Gasteiger partial charge in [0.15, 0.2) is 0 Å². The average Bonchev–Trinajstić information content (AvgIpc) is 3.36. The molecule has 0 heterocycles. The Hall–Kier alpha value is -3.34. The molecular formula is C45H56. The van der Waals surface area contributed by atoms with E-state index in [4.69, 9.17) is 0 Å². The van der Waals surface area contributed by atoms with Gasteiger partial charge >= 0.3 is 0 Å². The first-order valence-corrected chi connectivity index (χ1v) is 18.0. The van der Waals surface area contributed by atoms with Crippen molar-refractivity contribution in [2.24, 2.45) is 41.4 Å². The van der Waals surface area contributed by atoms with Crippen molar-refractivity contribution < 1.29 is 0 Å². The van der Waals surface area contributed by atoms with Gasteiger partial charge in [0, 0.05) is 17.8 Å². The van der Waals surface area contributed by atoms with E-state index in [0.717, 1.165) is 25.7 Å². The van der Waals surface area contributed by atoms with Crippen molar-refractivity contribution in [1.82, 2.24) is 0 Å². The quantitative estimate of drug-likeness (QED) is 0.148. The van der Waals surface area contributed by atoms with Crippen molar-refractivity contribution in [2.75, 3.05) is 0 Å². The molecule has 5 rings (SSSR count). The third-order valence-electron chi connectivity index (χ3n) is 10.9. The largest absolute Gasteiger partial charge is 0.128 e. The molecule has 4 aliphatic carbocycles. The Kier molecular flexibility index (Phi) is 12.3. The summed E-state index contributed by atoms with van der Waals surface area (Å²) < 4.78 is 0. The second kappa shape index (κ2) is 16.8. The molecular weight excluding hydrogens is 540 g/mol. The van der Waals surface area contributed by atoms with Gasteiger partial charge in [-0.1, -0.05) is 156 Å². The van der Waals surface area contributed by atoms with E-state index in [1.807, 2.05) is 0 Å². The van der Waals surface area contributed by atoms with Gasteiger partial charge in [-0.15, -0.1) is 5.73 Å². The molecule has 4 aliphatic rings. The van der Waals surface area contributed by atoms with Gasteiger partial charge in [-0.3, -0.25) is 0 Å². The van der Waals surface area contributed by atoms with Crippen LogP contribution in [0.15, 0.2) is 144 Å². The lowest BCUT2D eigenvalue weighted by atomic mass is 9.69. The standard InChI is InChI=1S/C45H56/c1-5-8-11-19-37(36-20-12-9-13-21-36)24-16-23-35(18-6-2)38-28-30-40(31-29-38)45-33-32-43(41(45)7-3)34(4)42-27-17-25-39-22-14-10-15-26-44(39)42/h8-9,11-15,17,20-22,25-30,32-35,37,40,42-45H,3,5-6,10,16,18-19,23-24,31H2,1-2,4H3/b11-8-/t34-,35?,37?,40?,42?,43?,44?,45?/m1/s1. The Morgan fingerprint density at radius 3 is 2.49 bits per heavy atom. The second-order valence-electron chi connectivity index (χ2n) is 13.8. The lowest BCUT2D eigenvalue weighted by Crippen LogP contribution is -2.28. The summed E-state index contributed by atoms with van der Waals surface area (Å²) in [6.07, 6.45) is 44.5. The summed E-state index contributed by atoms with van der Waals surface area (Å²) in [4.78, 5) is 0. The van der Waals surface area contributed by atoms with Crippen LogP contribution in [0.4, 0.5) is 0 Å². The van der Waals surface area contributed by atoms with Crippen LogP contribution >= 0.6 is 0 Å². The maximum absolute atomic E-state index is 4.22. The number of benzene rings is 1. The molecule has 0 spiro atoms. The number of hydrogen-bond donors (Lipinski definition) is 0. The summed E-state index contributed by atoms with van der Waals surface area (Å²) in [6.45, 7) is 11.2. The number of allylic oxidation sites excluding steroid dienone is 17. The SMILES string of the molecule is C=C=C1C(C2C=CC(C(CCC)CCCC(C/C=C\CC)c3ccccc3)=CC2)C=CC1[C@H](C)C1C=CC=C2C=CCC=CC21. The molecule has 0 heteroatoms. The van der Waals surface area contributed by atoms with E-state index in [1.54, 1.807) is 5.57 Å². The first-order chi connectivity index (χ1) is 22.1. The van der Waals surface area contributed by atoms with Crippen LogP contribution in [0.5, 0.6) is 0 Å². The average molecular weight is 597 g/mol. The summed E-state index contributed by atoms with van der Waals surface area (Å²) in [5.74, 6) is 4.05. The normalized spacial score (nSPS) is 27.5. The minimum atomic E-state index is 0.401. The Bertz CT molecular complexity index is 1390.